The van der Waals surface area contributed by atoms with Gasteiger partial charge in [0.1, 0.15) is 0 Å². The van der Waals surface area contributed by atoms with E-state index in [2.05, 4.69) is 28.1 Å². The van der Waals surface area contributed by atoms with Crippen molar-refractivity contribution in [2.75, 3.05) is 13.2 Å². The highest BCUT2D eigenvalue weighted by atomic mass is 79.9. The van der Waals surface area contributed by atoms with Gasteiger partial charge in [-0.05, 0) is 31.0 Å². The van der Waals surface area contributed by atoms with Gasteiger partial charge in [0.25, 0.3) is 0 Å². The van der Waals surface area contributed by atoms with E-state index in [9.17, 15) is 0 Å². The van der Waals surface area contributed by atoms with E-state index in [4.69, 9.17) is 10.5 Å². The normalized spacial score (nSPS) is 12.8. The Morgan fingerprint density at radius 2 is 2.29 bits per heavy atom. The van der Waals surface area contributed by atoms with E-state index in [1.54, 1.807) is 0 Å². The second-order valence-electron chi connectivity index (χ2n) is 3.25. The van der Waals surface area contributed by atoms with Crippen LogP contribution in [0.4, 0.5) is 0 Å². The lowest BCUT2D eigenvalue weighted by Gasteiger charge is -2.11. The summed E-state index contributed by atoms with van der Waals surface area (Å²) in [5.74, 6) is 0. The minimum atomic E-state index is 0.0873. The monoisotopic (exact) mass is 257 g/mol. The quantitative estimate of drug-likeness (QED) is 0.879. The second kappa shape index (κ2) is 6.17. The van der Waals surface area contributed by atoms with Crippen LogP contribution >= 0.6 is 15.9 Å². The molecule has 0 spiro atoms. The molecule has 0 saturated heterocycles. The summed E-state index contributed by atoms with van der Waals surface area (Å²) in [5.41, 5.74) is 7.14. The van der Waals surface area contributed by atoms with Crippen LogP contribution in [-0.4, -0.2) is 19.3 Å². The van der Waals surface area contributed by atoms with Crippen LogP contribution < -0.4 is 5.73 Å². The molecule has 0 aliphatic carbocycles. The fourth-order valence-corrected chi connectivity index (χ4v) is 1.74. The molecule has 1 aromatic rings. The van der Waals surface area contributed by atoms with Crippen LogP contribution in [0.15, 0.2) is 28.7 Å². The first-order valence-electron chi connectivity index (χ1n) is 4.80. The van der Waals surface area contributed by atoms with Gasteiger partial charge in [-0.2, -0.15) is 0 Å². The number of hydrogen-bond donors (Lipinski definition) is 1. The van der Waals surface area contributed by atoms with Gasteiger partial charge in [0.05, 0.1) is 6.61 Å². The van der Waals surface area contributed by atoms with E-state index in [0.717, 1.165) is 17.5 Å². The van der Waals surface area contributed by atoms with Crippen molar-refractivity contribution in [2.24, 2.45) is 5.73 Å². The van der Waals surface area contributed by atoms with Gasteiger partial charge in [0, 0.05) is 17.1 Å². The maximum Gasteiger partial charge on any atom is 0.0620 e. The molecule has 1 atom stereocenters. The largest absolute Gasteiger partial charge is 0.380 e. The molecule has 0 bridgehead atoms. The van der Waals surface area contributed by atoms with Crippen molar-refractivity contribution >= 4 is 15.9 Å². The SMILES string of the molecule is CCOCC(N)Cc1cccc(Br)c1. The summed E-state index contributed by atoms with van der Waals surface area (Å²) in [4.78, 5) is 0. The predicted molar refractivity (Wildman–Crippen MR) is 62.3 cm³/mol. The standard InChI is InChI=1S/C11H16BrNO/c1-2-14-8-11(13)7-9-4-3-5-10(12)6-9/h3-6,11H,2,7-8,13H2,1H3. The van der Waals surface area contributed by atoms with E-state index in [-0.39, 0.29) is 6.04 Å². The first-order valence-corrected chi connectivity index (χ1v) is 5.59. The van der Waals surface area contributed by atoms with Crippen molar-refractivity contribution in [3.8, 4) is 0 Å². The fraction of sp³-hybridized carbons (Fsp3) is 0.455. The maximum absolute atomic E-state index is 5.90. The first kappa shape index (κ1) is 11.7. The number of hydrogen-bond acceptors (Lipinski definition) is 2. The van der Waals surface area contributed by atoms with Crippen molar-refractivity contribution in [1.82, 2.24) is 0 Å². The minimum absolute atomic E-state index is 0.0873. The molecule has 14 heavy (non-hydrogen) atoms. The molecule has 0 saturated carbocycles. The predicted octanol–water partition coefficient (Wildman–Crippen LogP) is 2.36. The van der Waals surface area contributed by atoms with Gasteiger partial charge >= 0.3 is 0 Å². The number of halogens is 1. The summed E-state index contributed by atoms with van der Waals surface area (Å²) >= 11 is 3.43. The van der Waals surface area contributed by atoms with Crippen molar-refractivity contribution in [3.63, 3.8) is 0 Å². The van der Waals surface area contributed by atoms with Gasteiger partial charge in [0.2, 0.25) is 0 Å². The van der Waals surface area contributed by atoms with Crippen LogP contribution in [0.25, 0.3) is 0 Å². The average Bonchev–Trinajstić information content (AvgIpc) is 2.15. The molecule has 0 radical (unpaired) electrons. The Bertz CT molecular complexity index is 278. The van der Waals surface area contributed by atoms with E-state index in [0.29, 0.717) is 6.61 Å². The Hall–Kier alpha value is -0.380. The molecule has 0 aliphatic heterocycles. The molecule has 78 valence electrons. The highest BCUT2D eigenvalue weighted by Crippen LogP contribution is 2.12. The first-order chi connectivity index (χ1) is 6.72. The molecule has 1 rings (SSSR count). The number of nitrogens with two attached hydrogens (primary N) is 1. The molecule has 0 fully saturated rings. The van der Waals surface area contributed by atoms with Crippen LogP contribution in [0.5, 0.6) is 0 Å². The van der Waals surface area contributed by atoms with E-state index in [1.807, 2.05) is 19.1 Å². The Kier molecular flexibility index (Phi) is 5.15. The lowest BCUT2D eigenvalue weighted by Crippen LogP contribution is -2.28. The van der Waals surface area contributed by atoms with E-state index < -0.39 is 0 Å². The van der Waals surface area contributed by atoms with Gasteiger partial charge in [-0.15, -0.1) is 0 Å². The van der Waals surface area contributed by atoms with Crippen molar-refractivity contribution < 1.29 is 4.74 Å². The molecule has 1 aromatic carbocycles. The maximum atomic E-state index is 5.90. The second-order valence-corrected chi connectivity index (χ2v) is 4.17. The Balaban J connectivity index is 2.43. The van der Waals surface area contributed by atoms with Crippen LogP contribution in [0, 0.1) is 0 Å². The van der Waals surface area contributed by atoms with Crippen LogP contribution in [0.1, 0.15) is 12.5 Å². The lowest BCUT2D eigenvalue weighted by atomic mass is 10.1. The number of benzene rings is 1. The van der Waals surface area contributed by atoms with Crippen molar-refractivity contribution in [2.45, 2.75) is 19.4 Å². The molecular formula is C11H16BrNO. The molecule has 1 unspecified atom stereocenters. The number of ether oxygens (including phenoxy) is 1. The molecule has 0 aromatic heterocycles. The minimum Gasteiger partial charge on any atom is -0.380 e. The summed E-state index contributed by atoms with van der Waals surface area (Å²) in [6, 6.07) is 8.29. The van der Waals surface area contributed by atoms with Crippen LogP contribution in [0.3, 0.4) is 0 Å². The van der Waals surface area contributed by atoms with Crippen molar-refractivity contribution in [1.29, 1.82) is 0 Å². The van der Waals surface area contributed by atoms with Gasteiger partial charge in [0.15, 0.2) is 0 Å². The van der Waals surface area contributed by atoms with Crippen LogP contribution in [-0.2, 0) is 11.2 Å². The molecule has 2 N–H and O–H groups in total. The van der Waals surface area contributed by atoms with Crippen molar-refractivity contribution in [3.05, 3.63) is 34.3 Å². The third kappa shape index (κ3) is 4.22. The summed E-state index contributed by atoms with van der Waals surface area (Å²) < 4.78 is 6.36. The molecule has 0 heterocycles. The summed E-state index contributed by atoms with van der Waals surface area (Å²) in [5, 5.41) is 0. The van der Waals surface area contributed by atoms with Gasteiger partial charge in [-0.25, -0.2) is 0 Å². The zero-order valence-electron chi connectivity index (χ0n) is 8.37. The van der Waals surface area contributed by atoms with E-state index >= 15 is 0 Å². The smallest absolute Gasteiger partial charge is 0.0620 e. The van der Waals surface area contributed by atoms with Gasteiger partial charge < -0.3 is 10.5 Å². The fourth-order valence-electron chi connectivity index (χ4n) is 1.29. The Morgan fingerprint density at radius 1 is 1.50 bits per heavy atom. The zero-order valence-corrected chi connectivity index (χ0v) is 9.96. The third-order valence-electron chi connectivity index (χ3n) is 1.92. The summed E-state index contributed by atoms with van der Waals surface area (Å²) in [7, 11) is 0. The highest BCUT2D eigenvalue weighted by Gasteiger charge is 2.03. The van der Waals surface area contributed by atoms with E-state index in [1.165, 1.54) is 5.56 Å². The molecule has 3 heteroatoms. The lowest BCUT2D eigenvalue weighted by molar-refractivity contribution is 0.133. The molecular weight excluding hydrogens is 242 g/mol. The number of rotatable bonds is 5. The zero-order chi connectivity index (χ0) is 10.4. The topological polar surface area (TPSA) is 35.2 Å². The highest BCUT2D eigenvalue weighted by molar-refractivity contribution is 9.10. The molecule has 0 amide bonds. The molecule has 2 nitrogen and oxygen atoms in total. The average molecular weight is 258 g/mol. The summed E-state index contributed by atoms with van der Waals surface area (Å²) in [6.07, 6.45) is 0.861. The Labute approximate surface area is 93.6 Å². The third-order valence-corrected chi connectivity index (χ3v) is 2.42. The van der Waals surface area contributed by atoms with Crippen LogP contribution in [0.2, 0.25) is 0 Å². The van der Waals surface area contributed by atoms with Gasteiger partial charge in [-0.3, -0.25) is 0 Å². The molecule has 0 aliphatic rings. The van der Waals surface area contributed by atoms with Gasteiger partial charge in [-0.1, -0.05) is 28.1 Å². The Morgan fingerprint density at radius 3 is 2.93 bits per heavy atom. The summed E-state index contributed by atoms with van der Waals surface area (Å²) in [6.45, 7) is 3.33.